The lowest BCUT2D eigenvalue weighted by atomic mass is 9.89. The Morgan fingerprint density at radius 2 is 2.26 bits per heavy atom. The van der Waals surface area contributed by atoms with E-state index >= 15 is 0 Å². The number of nitro groups is 1. The lowest BCUT2D eigenvalue weighted by Gasteiger charge is -2.35. The molecule has 19 heavy (non-hydrogen) atoms. The number of anilines is 1. The Bertz CT molecular complexity index is 492. The van der Waals surface area contributed by atoms with Crippen molar-refractivity contribution < 1.29 is 14.1 Å². The molecule has 0 atom stereocenters. The molecule has 1 fully saturated rings. The molecular weight excluding hydrogens is 366 g/mol. The molecule has 0 aromatic heterocycles. The van der Waals surface area contributed by atoms with Crippen LogP contribution in [0.3, 0.4) is 0 Å². The predicted octanol–water partition coefficient (Wildman–Crippen LogP) is 3.32. The third-order valence-corrected chi connectivity index (χ3v) is 3.92. The number of hydrogen-bond donors (Lipinski definition) is 1. The van der Waals surface area contributed by atoms with Gasteiger partial charge in [0.1, 0.15) is 11.5 Å². The number of rotatable bonds is 5. The van der Waals surface area contributed by atoms with E-state index in [-0.39, 0.29) is 27.1 Å². The summed E-state index contributed by atoms with van der Waals surface area (Å²) in [5.41, 5.74) is 0.147. The van der Waals surface area contributed by atoms with Gasteiger partial charge in [-0.25, -0.2) is 4.39 Å². The molecule has 5 nitrogen and oxygen atoms in total. The highest BCUT2D eigenvalue weighted by atomic mass is 127. The second kappa shape index (κ2) is 6.00. The van der Waals surface area contributed by atoms with E-state index in [2.05, 4.69) is 5.32 Å². The monoisotopic (exact) mass is 380 g/mol. The molecule has 0 unspecified atom stereocenters. The van der Waals surface area contributed by atoms with Crippen molar-refractivity contribution in [1.82, 2.24) is 0 Å². The van der Waals surface area contributed by atoms with Gasteiger partial charge in [-0.2, -0.15) is 0 Å². The van der Waals surface area contributed by atoms with Crippen molar-refractivity contribution in [2.75, 3.05) is 11.9 Å². The Morgan fingerprint density at radius 1 is 1.58 bits per heavy atom. The van der Waals surface area contributed by atoms with E-state index in [0.717, 1.165) is 12.8 Å². The van der Waals surface area contributed by atoms with E-state index in [1.807, 2.05) is 6.92 Å². The van der Waals surface area contributed by atoms with Gasteiger partial charge in [-0.05, 0) is 42.4 Å². The molecule has 0 saturated heterocycles. The van der Waals surface area contributed by atoms with Gasteiger partial charge in [0.05, 0.1) is 14.6 Å². The second-order valence-electron chi connectivity index (χ2n) is 4.43. The number of halogens is 2. The fourth-order valence-corrected chi connectivity index (χ4v) is 2.53. The van der Waals surface area contributed by atoms with Crippen molar-refractivity contribution in [2.24, 2.45) is 0 Å². The first-order chi connectivity index (χ1) is 9.01. The van der Waals surface area contributed by atoms with Gasteiger partial charge in [-0.1, -0.05) is 0 Å². The Morgan fingerprint density at radius 3 is 2.84 bits per heavy atom. The fraction of sp³-hybridized carbons (Fsp3) is 0.500. The highest BCUT2D eigenvalue weighted by Gasteiger charge is 2.31. The molecule has 1 aromatic carbocycles. The van der Waals surface area contributed by atoms with Gasteiger partial charge in [0.15, 0.2) is 0 Å². The number of nitrogens with zero attached hydrogens (tertiary/aromatic N) is 1. The molecule has 0 bridgehead atoms. The second-order valence-corrected chi connectivity index (χ2v) is 5.59. The molecule has 1 aromatic rings. The summed E-state index contributed by atoms with van der Waals surface area (Å²) >= 11 is 1.74. The molecule has 1 aliphatic rings. The van der Waals surface area contributed by atoms with Crippen LogP contribution < -0.4 is 5.32 Å². The molecule has 0 radical (unpaired) electrons. The minimum absolute atomic E-state index is 0.0920. The lowest BCUT2D eigenvalue weighted by molar-refractivity contribution is -0.384. The van der Waals surface area contributed by atoms with Gasteiger partial charge in [0.25, 0.3) is 5.69 Å². The van der Waals surface area contributed by atoms with Crippen LogP contribution in [0.15, 0.2) is 12.1 Å². The van der Waals surface area contributed by atoms with Crippen LogP contribution in [0, 0.1) is 19.5 Å². The number of hydrogen-bond acceptors (Lipinski definition) is 4. The van der Waals surface area contributed by atoms with Crippen LogP contribution in [-0.4, -0.2) is 23.7 Å². The van der Waals surface area contributed by atoms with Crippen molar-refractivity contribution in [3.05, 3.63) is 31.6 Å². The molecule has 0 spiro atoms. The summed E-state index contributed by atoms with van der Waals surface area (Å²) in [4.78, 5) is 10.5. The smallest absolute Gasteiger partial charge is 0.293 e. The maximum Gasteiger partial charge on any atom is 0.293 e. The standard InChI is InChI=1S/C12H14FIN2O3/c1-2-19-8-3-7(4-8)15-11-5-9(13)10(14)6-12(11)16(17)18/h5-8,15H,2-4H2,1H3. The summed E-state index contributed by atoms with van der Waals surface area (Å²) in [6, 6.07) is 2.54. The average Bonchev–Trinajstić information content (AvgIpc) is 2.30. The van der Waals surface area contributed by atoms with Gasteiger partial charge in [-0.3, -0.25) is 10.1 Å². The van der Waals surface area contributed by atoms with Crippen LogP contribution in [0.2, 0.25) is 0 Å². The van der Waals surface area contributed by atoms with Crippen molar-refractivity contribution in [2.45, 2.75) is 31.9 Å². The molecule has 0 heterocycles. The van der Waals surface area contributed by atoms with Gasteiger partial charge in [-0.15, -0.1) is 0 Å². The molecule has 0 amide bonds. The number of ether oxygens (including phenoxy) is 1. The highest BCUT2D eigenvalue weighted by molar-refractivity contribution is 14.1. The number of nitro benzene ring substituents is 1. The van der Waals surface area contributed by atoms with E-state index in [4.69, 9.17) is 4.74 Å². The molecule has 1 aliphatic carbocycles. The molecule has 1 saturated carbocycles. The van der Waals surface area contributed by atoms with Crippen LogP contribution in [0.4, 0.5) is 15.8 Å². The number of nitrogens with one attached hydrogen (secondary N) is 1. The van der Waals surface area contributed by atoms with Gasteiger partial charge in [0.2, 0.25) is 0 Å². The Hall–Kier alpha value is -0.960. The van der Waals surface area contributed by atoms with Crippen molar-refractivity contribution in [1.29, 1.82) is 0 Å². The minimum Gasteiger partial charge on any atom is -0.378 e. The summed E-state index contributed by atoms with van der Waals surface area (Å²) in [7, 11) is 0. The molecule has 0 aliphatic heterocycles. The summed E-state index contributed by atoms with van der Waals surface area (Å²) in [6.45, 7) is 2.59. The highest BCUT2D eigenvalue weighted by Crippen LogP contribution is 2.33. The third-order valence-electron chi connectivity index (χ3n) is 3.09. The van der Waals surface area contributed by atoms with Crippen LogP contribution >= 0.6 is 22.6 Å². The van der Waals surface area contributed by atoms with Crippen molar-refractivity contribution in [3.8, 4) is 0 Å². The maximum atomic E-state index is 13.5. The normalized spacial score (nSPS) is 21.8. The molecule has 2 rings (SSSR count). The Balaban J connectivity index is 2.08. The molecule has 7 heteroatoms. The predicted molar refractivity (Wildman–Crippen MR) is 77.8 cm³/mol. The van der Waals surface area contributed by atoms with E-state index in [0.29, 0.717) is 6.61 Å². The van der Waals surface area contributed by atoms with E-state index in [1.54, 1.807) is 22.6 Å². The summed E-state index contributed by atoms with van der Waals surface area (Å²) < 4.78 is 19.2. The van der Waals surface area contributed by atoms with Gasteiger partial charge < -0.3 is 10.1 Å². The first-order valence-corrected chi connectivity index (χ1v) is 7.10. The zero-order valence-corrected chi connectivity index (χ0v) is 12.5. The van der Waals surface area contributed by atoms with Crippen LogP contribution in [0.25, 0.3) is 0 Å². The van der Waals surface area contributed by atoms with E-state index in [9.17, 15) is 14.5 Å². The van der Waals surface area contributed by atoms with Crippen molar-refractivity contribution in [3.63, 3.8) is 0 Å². The zero-order chi connectivity index (χ0) is 14.0. The topological polar surface area (TPSA) is 64.4 Å². The number of benzene rings is 1. The van der Waals surface area contributed by atoms with Crippen LogP contribution in [0.1, 0.15) is 19.8 Å². The quantitative estimate of drug-likeness (QED) is 0.484. The van der Waals surface area contributed by atoms with Crippen molar-refractivity contribution >= 4 is 34.0 Å². The van der Waals surface area contributed by atoms with E-state index in [1.165, 1.54) is 12.1 Å². The summed E-state index contributed by atoms with van der Waals surface area (Å²) in [5, 5.41) is 14.0. The van der Waals surface area contributed by atoms with E-state index < -0.39 is 10.7 Å². The largest absolute Gasteiger partial charge is 0.378 e. The summed E-state index contributed by atoms with van der Waals surface area (Å²) in [6.07, 6.45) is 1.78. The molecule has 104 valence electrons. The van der Waals surface area contributed by atoms with Crippen LogP contribution in [-0.2, 0) is 4.74 Å². The fourth-order valence-electron chi connectivity index (χ4n) is 2.08. The first-order valence-electron chi connectivity index (χ1n) is 6.02. The SMILES string of the molecule is CCOC1CC(Nc2cc(F)c(I)cc2[N+](=O)[O-])C1. The first kappa shape index (κ1) is 14.4. The minimum atomic E-state index is -0.497. The van der Waals surface area contributed by atoms with Crippen LogP contribution in [0.5, 0.6) is 0 Å². The molecule has 1 N–H and O–H groups in total. The van der Waals surface area contributed by atoms with Gasteiger partial charge in [0, 0.05) is 24.8 Å². The zero-order valence-electron chi connectivity index (χ0n) is 10.4. The summed E-state index contributed by atoms with van der Waals surface area (Å²) in [5.74, 6) is -0.450. The Kier molecular flexibility index (Phi) is 4.56. The molecular formula is C12H14FIN2O3. The third kappa shape index (κ3) is 3.33. The van der Waals surface area contributed by atoms with Gasteiger partial charge >= 0.3 is 0 Å². The average molecular weight is 380 g/mol. The lowest BCUT2D eigenvalue weighted by Crippen LogP contribution is -2.40. The maximum absolute atomic E-state index is 13.5. The Labute approximate surface area is 123 Å².